The van der Waals surface area contributed by atoms with Crippen LogP contribution in [0.1, 0.15) is 6.42 Å². The molecule has 0 aromatic carbocycles. The molecule has 0 aliphatic rings. The molecule has 1 atom stereocenters. The van der Waals surface area contributed by atoms with E-state index in [2.05, 4.69) is 22.9 Å². The van der Waals surface area contributed by atoms with Crippen molar-refractivity contribution < 1.29 is 4.39 Å². The molecule has 4 heteroatoms. The molecule has 0 saturated carbocycles. The van der Waals surface area contributed by atoms with Gasteiger partial charge in [0.25, 0.3) is 4.59 Å². The highest BCUT2D eigenvalue weighted by Crippen LogP contribution is 2.29. The third kappa shape index (κ3) is 6.99. The Labute approximate surface area is 66.5 Å². The molecule has 1 unspecified atom stereocenters. The second kappa shape index (κ2) is 3.23. The van der Waals surface area contributed by atoms with Gasteiger partial charge in [-0.05, 0) is 6.92 Å². The molecule has 0 N–H and O–H groups in total. The predicted octanol–water partition coefficient (Wildman–Crippen LogP) is 3.07. The molecule has 0 rings (SSSR count). The van der Waals surface area contributed by atoms with Gasteiger partial charge in [-0.15, -0.1) is 0 Å². The maximum absolute atomic E-state index is 12.1. The highest BCUT2D eigenvalue weighted by molar-refractivity contribution is 9.09. The van der Waals surface area contributed by atoms with E-state index in [0.717, 1.165) is 0 Å². The van der Waals surface area contributed by atoms with Gasteiger partial charge in [0, 0.05) is 11.2 Å². The van der Waals surface area contributed by atoms with Crippen molar-refractivity contribution in [2.24, 2.45) is 0 Å². The minimum absolute atomic E-state index is 0.00386. The molecule has 0 aromatic rings. The molecule has 0 amide bonds. The normalized spacial score (nSPS) is 16.1. The quantitative estimate of drug-likeness (QED) is 0.631. The van der Waals surface area contributed by atoms with Crippen LogP contribution in [0.5, 0.6) is 0 Å². The molecular weight excluding hydrogens is 218 g/mol. The lowest BCUT2D eigenvalue weighted by Crippen LogP contribution is -2.09. The lowest BCUT2D eigenvalue weighted by molar-refractivity contribution is 0.376. The second-order valence-corrected chi connectivity index (χ2v) is 4.10. The Hall–Kier alpha value is 0.990. The van der Waals surface area contributed by atoms with Crippen LogP contribution >= 0.6 is 39.1 Å². The van der Waals surface area contributed by atoms with Crippen LogP contribution in [-0.2, 0) is 0 Å². The summed E-state index contributed by atoms with van der Waals surface area (Å²) in [4.78, 5) is -0.234. The Bertz CT molecular complexity index is 68.9. The van der Waals surface area contributed by atoms with Gasteiger partial charge in [0.05, 0.1) is 0 Å². The molecule has 0 fully saturated rings. The van der Waals surface area contributed by atoms with E-state index in [4.69, 9.17) is 23.2 Å². The number of rotatable bonds is 2. The van der Waals surface area contributed by atoms with Crippen LogP contribution < -0.4 is 0 Å². The average molecular weight is 223 g/mol. The van der Waals surface area contributed by atoms with E-state index in [1.165, 1.54) is 0 Å². The summed E-state index contributed by atoms with van der Waals surface area (Å²) < 4.78 is 9.96. The molecule has 0 nitrogen and oxygen atoms in total. The zero-order chi connectivity index (χ0) is 6.78. The molecule has 0 spiro atoms. The van der Waals surface area contributed by atoms with E-state index >= 15 is 0 Å². The fourth-order valence-corrected chi connectivity index (χ4v) is 1.44. The van der Waals surface area contributed by atoms with Crippen molar-refractivity contribution >= 4 is 39.1 Å². The molecule has 0 aromatic heterocycles. The van der Waals surface area contributed by atoms with Crippen molar-refractivity contribution in [1.82, 2.24) is 0 Å². The van der Waals surface area contributed by atoms with Crippen molar-refractivity contribution in [2.45, 2.75) is 15.8 Å². The monoisotopic (exact) mass is 221 g/mol. The first-order chi connectivity index (χ1) is 3.42. The van der Waals surface area contributed by atoms with Gasteiger partial charge in [0.2, 0.25) is 0 Å². The summed E-state index contributed by atoms with van der Waals surface area (Å²) in [6.45, 7) is 3.43. The summed E-state index contributed by atoms with van der Waals surface area (Å²) in [5, 5.41) is 0. The van der Waals surface area contributed by atoms with Crippen LogP contribution in [0.3, 0.4) is 0 Å². The molecule has 8 heavy (non-hydrogen) atoms. The van der Waals surface area contributed by atoms with E-state index in [1.807, 2.05) is 0 Å². The van der Waals surface area contributed by atoms with Gasteiger partial charge < -0.3 is 0 Å². The first-order valence-electron chi connectivity index (χ1n) is 1.96. The van der Waals surface area contributed by atoms with Crippen LogP contribution in [0.15, 0.2) is 0 Å². The van der Waals surface area contributed by atoms with Crippen molar-refractivity contribution in [3.63, 3.8) is 0 Å². The van der Waals surface area contributed by atoms with Gasteiger partial charge in [0.1, 0.15) is 0 Å². The Morgan fingerprint density at radius 2 is 2.12 bits per heavy atom. The van der Waals surface area contributed by atoms with Gasteiger partial charge in [-0.3, -0.25) is 0 Å². The number of hydrogen-bond donors (Lipinski definition) is 0. The van der Waals surface area contributed by atoms with E-state index in [1.54, 1.807) is 0 Å². The first-order valence-corrected chi connectivity index (χ1v) is 3.63. The first kappa shape index (κ1) is 8.99. The van der Waals surface area contributed by atoms with Gasteiger partial charge in [0.15, 0.2) is 0 Å². The lowest BCUT2D eigenvalue weighted by Gasteiger charge is -2.09. The van der Waals surface area contributed by atoms with E-state index in [9.17, 15) is 4.39 Å². The Morgan fingerprint density at radius 1 is 1.75 bits per heavy atom. The highest BCUT2D eigenvalue weighted by atomic mass is 79.9. The number of halogens is 4. The van der Waals surface area contributed by atoms with Crippen molar-refractivity contribution in [3.8, 4) is 0 Å². The lowest BCUT2D eigenvalue weighted by atomic mass is 10.4. The van der Waals surface area contributed by atoms with Crippen molar-refractivity contribution in [3.05, 3.63) is 6.92 Å². The van der Waals surface area contributed by atoms with E-state index in [0.29, 0.717) is 0 Å². The summed E-state index contributed by atoms with van der Waals surface area (Å²) >= 11 is 12.9. The maximum Gasteiger partial charge on any atom is 0.258 e. The molecule has 0 heterocycles. The highest BCUT2D eigenvalue weighted by Gasteiger charge is 2.23. The van der Waals surface area contributed by atoms with Gasteiger partial charge in [-0.2, -0.15) is 0 Å². The van der Waals surface area contributed by atoms with E-state index in [-0.39, 0.29) is 11.2 Å². The van der Waals surface area contributed by atoms with Gasteiger partial charge in [-0.25, -0.2) is 4.39 Å². The van der Waals surface area contributed by atoms with Crippen LogP contribution in [0.2, 0.25) is 0 Å². The zero-order valence-corrected chi connectivity index (χ0v) is 7.10. The second-order valence-electron chi connectivity index (χ2n) is 1.42. The van der Waals surface area contributed by atoms with Gasteiger partial charge >= 0.3 is 0 Å². The average Bonchev–Trinajstić information content (AvgIpc) is 1.21. The minimum atomic E-state index is -2.14. The molecular formula is C4H5BrCl2F. The third-order valence-electron chi connectivity index (χ3n) is 0.453. The Morgan fingerprint density at radius 3 is 2.12 bits per heavy atom. The fraction of sp³-hybridized carbons (Fsp3) is 0.750. The molecule has 0 aliphatic carbocycles. The third-order valence-corrected chi connectivity index (χ3v) is 1.09. The zero-order valence-electron chi connectivity index (χ0n) is 4.00. The Kier molecular flexibility index (Phi) is 3.63. The molecule has 49 valence electrons. The fourth-order valence-electron chi connectivity index (χ4n) is 0.251. The smallest absolute Gasteiger partial charge is 0.208 e. The van der Waals surface area contributed by atoms with Crippen LogP contribution in [0, 0.1) is 6.92 Å². The predicted molar refractivity (Wildman–Crippen MR) is 38.2 cm³/mol. The van der Waals surface area contributed by atoms with Crippen LogP contribution in [0.25, 0.3) is 0 Å². The summed E-state index contributed by atoms with van der Waals surface area (Å²) in [6, 6.07) is 0. The minimum Gasteiger partial charge on any atom is -0.208 e. The molecule has 0 aliphatic heterocycles. The van der Waals surface area contributed by atoms with Crippen molar-refractivity contribution in [1.29, 1.82) is 0 Å². The van der Waals surface area contributed by atoms with Gasteiger partial charge in [-0.1, -0.05) is 39.1 Å². The van der Waals surface area contributed by atoms with Crippen LogP contribution in [0.4, 0.5) is 4.39 Å². The topological polar surface area (TPSA) is 0 Å². The SMILES string of the molecule is [CH2]C(Br)CC(F)(Cl)Cl. The van der Waals surface area contributed by atoms with Crippen LogP contribution in [-0.4, -0.2) is 9.41 Å². The summed E-state index contributed by atoms with van der Waals surface area (Å²) in [6.07, 6.45) is -0.00386. The van der Waals surface area contributed by atoms with Crippen molar-refractivity contribution in [2.75, 3.05) is 0 Å². The number of hydrogen-bond acceptors (Lipinski definition) is 0. The summed E-state index contributed by atoms with van der Waals surface area (Å²) in [5.74, 6) is 0. The van der Waals surface area contributed by atoms with E-state index < -0.39 is 4.59 Å². The molecule has 0 bridgehead atoms. The molecule has 0 saturated heterocycles. The Balaban J connectivity index is 3.39. The maximum atomic E-state index is 12.1. The molecule has 1 radical (unpaired) electrons. The summed E-state index contributed by atoms with van der Waals surface area (Å²) in [7, 11) is 0. The largest absolute Gasteiger partial charge is 0.258 e. The number of alkyl halides is 4. The standard InChI is InChI=1S/C4H5BrCl2F/c1-3(5)2-4(6,7)8/h3H,1-2H2. The summed E-state index contributed by atoms with van der Waals surface area (Å²) in [5.41, 5.74) is 0.